The van der Waals surface area contributed by atoms with Crippen molar-refractivity contribution in [2.75, 3.05) is 19.6 Å². The van der Waals surface area contributed by atoms with Gasteiger partial charge in [0.15, 0.2) is 0 Å². The fraction of sp³-hybridized carbons (Fsp3) is 0.438. The van der Waals surface area contributed by atoms with Gasteiger partial charge in [-0.25, -0.2) is 4.98 Å². The normalized spacial score (nSPS) is 28.8. The van der Waals surface area contributed by atoms with Gasteiger partial charge in [0.25, 0.3) is 0 Å². The monoisotopic (exact) mass is 287 g/mol. The second-order valence-electron chi connectivity index (χ2n) is 5.87. The van der Waals surface area contributed by atoms with E-state index in [4.69, 9.17) is 11.6 Å². The Morgan fingerprint density at radius 3 is 2.50 bits per heavy atom. The molecular formula is C16H18ClN3. The van der Waals surface area contributed by atoms with Crippen LogP contribution in [0.5, 0.6) is 0 Å². The molecule has 20 heavy (non-hydrogen) atoms. The first-order valence-electron chi connectivity index (χ1n) is 7.32. The second kappa shape index (κ2) is 4.90. The van der Waals surface area contributed by atoms with Gasteiger partial charge in [-0.3, -0.25) is 0 Å². The van der Waals surface area contributed by atoms with E-state index in [0.717, 1.165) is 22.3 Å². The lowest BCUT2D eigenvalue weighted by Crippen LogP contribution is -2.48. The lowest BCUT2D eigenvalue weighted by Gasteiger charge is -2.45. The molecule has 0 radical (unpaired) electrons. The molecule has 5 rings (SSSR count). The van der Waals surface area contributed by atoms with Crippen LogP contribution >= 0.6 is 11.6 Å². The maximum Gasteiger partial charge on any atom is 0.140 e. The summed E-state index contributed by atoms with van der Waals surface area (Å²) < 4.78 is 2.37. The number of hydrogen-bond donors (Lipinski definition) is 0. The Kier molecular flexibility index (Phi) is 3.04. The van der Waals surface area contributed by atoms with Gasteiger partial charge in [0.1, 0.15) is 5.82 Å². The summed E-state index contributed by atoms with van der Waals surface area (Å²) in [6.45, 7) is 3.71. The van der Waals surface area contributed by atoms with Gasteiger partial charge in [-0.2, -0.15) is 0 Å². The van der Waals surface area contributed by atoms with Crippen LogP contribution in [-0.2, 0) is 0 Å². The van der Waals surface area contributed by atoms with Crippen LogP contribution in [0.1, 0.15) is 18.9 Å². The van der Waals surface area contributed by atoms with Crippen molar-refractivity contribution in [2.24, 2.45) is 5.92 Å². The Morgan fingerprint density at radius 1 is 1.10 bits per heavy atom. The largest absolute Gasteiger partial charge is 0.326 e. The van der Waals surface area contributed by atoms with Crippen LogP contribution in [0.15, 0.2) is 36.7 Å². The van der Waals surface area contributed by atoms with E-state index < -0.39 is 0 Å². The third-order valence-electron chi connectivity index (χ3n) is 4.75. The standard InChI is InChI=1S/C16H18ClN3/c17-14-3-1-13(2-4-14)16-18-7-10-20(16)15-11-19-8-5-12(15)6-9-19/h1-4,7,10,12,15H,5-6,8-9,11H2. The van der Waals surface area contributed by atoms with Gasteiger partial charge >= 0.3 is 0 Å². The van der Waals surface area contributed by atoms with Gasteiger partial charge in [-0.15, -0.1) is 0 Å². The lowest BCUT2D eigenvalue weighted by molar-refractivity contribution is 0.0577. The van der Waals surface area contributed by atoms with Gasteiger partial charge in [0.2, 0.25) is 0 Å². The molecule has 0 spiro atoms. The summed E-state index contributed by atoms with van der Waals surface area (Å²) in [5.74, 6) is 1.88. The van der Waals surface area contributed by atoms with Crippen molar-refractivity contribution in [3.8, 4) is 11.4 Å². The summed E-state index contributed by atoms with van der Waals surface area (Å²) in [5, 5.41) is 0.773. The molecule has 2 aromatic rings. The molecule has 0 N–H and O–H groups in total. The highest BCUT2D eigenvalue weighted by molar-refractivity contribution is 6.30. The smallest absolute Gasteiger partial charge is 0.140 e. The molecule has 0 aliphatic carbocycles. The van der Waals surface area contributed by atoms with Gasteiger partial charge < -0.3 is 9.47 Å². The van der Waals surface area contributed by atoms with Crippen molar-refractivity contribution >= 4 is 11.6 Å². The predicted molar refractivity (Wildman–Crippen MR) is 80.9 cm³/mol. The number of rotatable bonds is 2. The van der Waals surface area contributed by atoms with Crippen molar-refractivity contribution in [1.82, 2.24) is 14.5 Å². The number of halogens is 1. The summed E-state index contributed by atoms with van der Waals surface area (Å²) in [5.41, 5.74) is 1.15. The maximum atomic E-state index is 5.98. The van der Waals surface area contributed by atoms with E-state index in [-0.39, 0.29) is 0 Å². The summed E-state index contributed by atoms with van der Waals surface area (Å²) in [7, 11) is 0. The van der Waals surface area contributed by atoms with Crippen LogP contribution in [0, 0.1) is 5.92 Å². The molecule has 1 unspecified atom stereocenters. The molecule has 3 nitrogen and oxygen atoms in total. The molecule has 104 valence electrons. The second-order valence-corrected chi connectivity index (χ2v) is 6.31. The van der Waals surface area contributed by atoms with Crippen LogP contribution in [-0.4, -0.2) is 34.1 Å². The van der Waals surface area contributed by atoms with E-state index in [1.807, 2.05) is 18.3 Å². The molecule has 4 heteroatoms. The van der Waals surface area contributed by atoms with Gasteiger partial charge in [0, 0.05) is 29.5 Å². The van der Waals surface area contributed by atoms with Crippen LogP contribution in [0.4, 0.5) is 0 Å². The minimum Gasteiger partial charge on any atom is -0.326 e. The molecule has 2 bridgehead atoms. The van der Waals surface area contributed by atoms with Crippen molar-refractivity contribution in [3.63, 3.8) is 0 Å². The van der Waals surface area contributed by atoms with E-state index in [0.29, 0.717) is 6.04 Å². The molecule has 3 aliphatic heterocycles. The third-order valence-corrected chi connectivity index (χ3v) is 5.00. The van der Waals surface area contributed by atoms with E-state index in [2.05, 4.69) is 32.8 Å². The van der Waals surface area contributed by atoms with Crippen molar-refractivity contribution in [2.45, 2.75) is 18.9 Å². The number of aromatic nitrogens is 2. The van der Waals surface area contributed by atoms with Crippen LogP contribution in [0.3, 0.4) is 0 Å². The van der Waals surface area contributed by atoms with Crippen molar-refractivity contribution in [3.05, 3.63) is 41.7 Å². The summed E-state index contributed by atoms with van der Waals surface area (Å²) in [6, 6.07) is 8.56. The molecule has 4 heterocycles. The highest BCUT2D eigenvalue weighted by Crippen LogP contribution is 2.37. The zero-order chi connectivity index (χ0) is 13.5. The Labute approximate surface area is 124 Å². The fourth-order valence-corrected chi connectivity index (χ4v) is 3.78. The molecular weight excluding hydrogens is 270 g/mol. The number of hydrogen-bond acceptors (Lipinski definition) is 2. The highest BCUT2D eigenvalue weighted by Gasteiger charge is 2.35. The third kappa shape index (κ3) is 2.05. The molecule has 1 atom stereocenters. The van der Waals surface area contributed by atoms with E-state index in [9.17, 15) is 0 Å². The summed E-state index contributed by atoms with van der Waals surface area (Å²) >= 11 is 5.98. The average molecular weight is 288 g/mol. The van der Waals surface area contributed by atoms with E-state index >= 15 is 0 Å². The molecule has 0 amide bonds. The summed E-state index contributed by atoms with van der Waals surface area (Å²) in [4.78, 5) is 7.16. The minimum atomic E-state index is 0.575. The average Bonchev–Trinajstić information content (AvgIpc) is 2.98. The molecule has 1 aromatic carbocycles. The first-order chi connectivity index (χ1) is 9.81. The van der Waals surface area contributed by atoms with Crippen molar-refractivity contribution in [1.29, 1.82) is 0 Å². The number of imidazole rings is 1. The molecule has 3 aliphatic rings. The molecule has 3 saturated heterocycles. The minimum absolute atomic E-state index is 0.575. The maximum absolute atomic E-state index is 5.98. The Hall–Kier alpha value is -1.32. The van der Waals surface area contributed by atoms with E-state index in [1.54, 1.807) is 0 Å². The van der Waals surface area contributed by atoms with Gasteiger partial charge in [-0.1, -0.05) is 11.6 Å². The van der Waals surface area contributed by atoms with E-state index in [1.165, 1.54) is 32.5 Å². The van der Waals surface area contributed by atoms with Gasteiger partial charge in [-0.05, 0) is 56.1 Å². The Balaban J connectivity index is 1.70. The molecule has 1 aromatic heterocycles. The predicted octanol–water partition coefficient (Wildman–Crippen LogP) is 3.47. The SMILES string of the molecule is Clc1ccc(-c2nccn2C2CN3CCC2CC3)cc1. The van der Waals surface area contributed by atoms with Crippen LogP contribution < -0.4 is 0 Å². The first-order valence-corrected chi connectivity index (χ1v) is 7.70. The number of piperidine rings is 3. The van der Waals surface area contributed by atoms with Gasteiger partial charge in [0.05, 0.1) is 6.04 Å². The Bertz CT molecular complexity index is 596. The zero-order valence-electron chi connectivity index (χ0n) is 11.4. The molecule has 3 fully saturated rings. The van der Waals surface area contributed by atoms with Crippen LogP contribution in [0.25, 0.3) is 11.4 Å². The molecule has 0 saturated carbocycles. The van der Waals surface area contributed by atoms with Crippen LogP contribution in [0.2, 0.25) is 5.02 Å². The Morgan fingerprint density at radius 2 is 1.85 bits per heavy atom. The highest BCUT2D eigenvalue weighted by atomic mass is 35.5. The van der Waals surface area contributed by atoms with Crippen molar-refractivity contribution < 1.29 is 0 Å². The fourth-order valence-electron chi connectivity index (χ4n) is 3.65. The number of fused-ring (bicyclic) bond motifs is 3. The quantitative estimate of drug-likeness (QED) is 0.843. The first kappa shape index (κ1) is 12.4. The number of nitrogens with zero attached hydrogens (tertiary/aromatic N) is 3. The topological polar surface area (TPSA) is 21.1 Å². The summed E-state index contributed by atoms with van der Waals surface area (Å²) in [6.07, 6.45) is 6.70. The number of benzene rings is 1. The zero-order valence-corrected chi connectivity index (χ0v) is 12.1. The lowest BCUT2D eigenvalue weighted by atomic mass is 9.84.